The molecule has 2 aliphatic rings. The normalized spacial score (nSPS) is 29.4. The molecule has 0 aromatic heterocycles. The van der Waals surface area contributed by atoms with Crippen LogP contribution in [0.5, 0.6) is 0 Å². The highest BCUT2D eigenvalue weighted by molar-refractivity contribution is 7.59. The Morgan fingerprint density at radius 2 is 1.04 bits per heavy atom. The number of carbonyl (C=O) groups excluding carboxylic acids is 1. The Morgan fingerprint density at radius 1 is 0.667 bits per heavy atom. The molecule has 0 amide bonds. The van der Waals surface area contributed by atoms with Crippen molar-refractivity contribution < 1.29 is 4.79 Å². The number of Topliss-reactive ketones (excluding diaryl/α,β-unsaturated/α-hetero) is 1. The SMILES string of the molecule is O=C1C2CP(Cc3ccccc3)CC1CP(Cc1ccccc1)C2. The van der Waals surface area contributed by atoms with E-state index < -0.39 is 0 Å². The summed E-state index contributed by atoms with van der Waals surface area (Å²) in [6.45, 7) is 0. The summed E-state index contributed by atoms with van der Waals surface area (Å²) in [6, 6.07) is 21.7. The third-order valence-corrected chi connectivity index (χ3v) is 10.7. The molecule has 2 aromatic rings. The Kier molecular flexibility index (Phi) is 5.11. The predicted octanol–water partition coefficient (Wildman–Crippen LogP) is 5.18. The fourth-order valence-electron chi connectivity index (χ4n) is 4.15. The largest absolute Gasteiger partial charge is 0.299 e. The maximum atomic E-state index is 12.6. The molecule has 0 unspecified atom stereocenters. The van der Waals surface area contributed by atoms with Crippen LogP contribution in [0.2, 0.25) is 0 Å². The van der Waals surface area contributed by atoms with Gasteiger partial charge in [-0.25, -0.2) is 0 Å². The lowest BCUT2D eigenvalue weighted by Gasteiger charge is -2.42. The number of carbonyl (C=O) groups is 1. The maximum absolute atomic E-state index is 12.6. The zero-order valence-corrected chi connectivity index (χ0v) is 15.8. The van der Waals surface area contributed by atoms with Gasteiger partial charge >= 0.3 is 0 Å². The van der Waals surface area contributed by atoms with E-state index in [0.29, 0.717) is 17.6 Å². The van der Waals surface area contributed by atoms with Crippen LogP contribution in [0.1, 0.15) is 11.1 Å². The van der Waals surface area contributed by atoms with Gasteiger partial charge in [-0.3, -0.25) is 4.79 Å². The van der Waals surface area contributed by atoms with Gasteiger partial charge in [-0.2, -0.15) is 0 Å². The van der Waals surface area contributed by atoms with E-state index in [1.807, 2.05) is 0 Å². The van der Waals surface area contributed by atoms with E-state index in [1.165, 1.54) is 48.1 Å². The van der Waals surface area contributed by atoms with Crippen molar-refractivity contribution in [3.05, 3.63) is 71.8 Å². The van der Waals surface area contributed by atoms with Crippen molar-refractivity contribution in [2.24, 2.45) is 11.8 Å². The van der Waals surface area contributed by atoms with Gasteiger partial charge in [-0.15, -0.1) is 15.8 Å². The van der Waals surface area contributed by atoms with Gasteiger partial charge in [0.25, 0.3) is 0 Å². The molecule has 2 aliphatic heterocycles. The Morgan fingerprint density at radius 3 is 1.42 bits per heavy atom. The van der Waals surface area contributed by atoms with E-state index in [0.717, 1.165) is 0 Å². The zero-order valence-electron chi connectivity index (χ0n) is 14.0. The van der Waals surface area contributed by atoms with Gasteiger partial charge in [-0.1, -0.05) is 60.7 Å². The molecule has 2 fully saturated rings. The molecule has 4 rings (SSSR count). The van der Waals surface area contributed by atoms with Gasteiger partial charge in [0.1, 0.15) is 5.78 Å². The van der Waals surface area contributed by atoms with Crippen molar-refractivity contribution in [1.82, 2.24) is 0 Å². The van der Waals surface area contributed by atoms with Crippen LogP contribution >= 0.6 is 15.8 Å². The average Bonchev–Trinajstić information content (AvgIpc) is 2.59. The molecule has 0 aliphatic carbocycles. The van der Waals surface area contributed by atoms with E-state index in [4.69, 9.17) is 0 Å². The average molecular weight is 354 g/mol. The third kappa shape index (κ3) is 3.79. The van der Waals surface area contributed by atoms with Crippen LogP contribution in [0.4, 0.5) is 0 Å². The minimum absolute atomic E-state index is 0.00334. The molecule has 2 heterocycles. The van der Waals surface area contributed by atoms with Crippen molar-refractivity contribution in [2.75, 3.05) is 24.6 Å². The molecular weight excluding hydrogens is 330 g/mol. The van der Waals surface area contributed by atoms with Crippen molar-refractivity contribution in [1.29, 1.82) is 0 Å². The summed E-state index contributed by atoms with van der Waals surface area (Å²) in [6.07, 6.45) is 7.18. The summed E-state index contributed by atoms with van der Waals surface area (Å²) >= 11 is 0. The van der Waals surface area contributed by atoms with Gasteiger partial charge in [0.05, 0.1) is 0 Å². The number of hydrogen-bond acceptors (Lipinski definition) is 1. The summed E-state index contributed by atoms with van der Waals surface area (Å²) in [7, 11) is 0.00668. The molecule has 124 valence electrons. The minimum Gasteiger partial charge on any atom is -0.299 e. The molecule has 1 nitrogen and oxygen atoms in total. The van der Waals surface area contributed by atoms with Gasteiger partial charge in [0.15, 0.2) is 0 Å². The Balaban J connectivity index is 1.40. The summed E-state index contributed by atoms with van der Waals surface area (Å²) in [5.74, 6) is 1.36. The monoisotopic (exact) mass is 354 g/mol. The van der Waals surface area contributed by atoms with Crippen LogP contribution in [0.3, 0.4) is 0 Å². The van der Waals surface area contributed by atoms with Gasteiger partial charge < -0.3 is 0 Å². The van der Waals surface area contributed by atoms with Crippen molar-refractivity contribution in [3.8, 4) is 0 Å². The van der Waals surface area contributed by atoms with Crippen LogP contribution in [0.15, 0.2) is 60.7 Å². The molecule has 0 atom stereocenters. The molecular formula is C21H24OP2. The van der Waals surface area contributed by atoms with Crippen LogP contribution in [-0.4, -0.2) is 30.4 Å². The maximum Gasteiger partial charge on any atom is 0.140 e. The zero-order chi connectivity index (χ0) is 16.4. The second-order valence-corrected chi connectivity index (χ2v) is 11.9. The first kappa shape index (κ1) is 16.4. The van der Waals surface area contributed by atoms with E-state index in [9.17, 15) is 4.79 Å². The van der Waals surface area contributed by atoms with Crippen molar-refractivity contribution >= 4 is 21.6 Å². The Bertz CT molecular complexity index is 614. The molecule has 0 N–H and O–H groups in total. The smallest absolute Gasteiger partial charge is 0.140 e. The third-order valence-electron chi connectivity index (χ3n) is 5.22. The first-order valence-corrected chi connectivity index (χ1v) is 12.6. The summed E-state index contributed by atoms with van der Waals surface area (Å²) in [4.78, 5) is 12.6. The standard InChI is InChI=1S/C21H24OP2/c22-21-19-13-23(11-17-7-3-1-4-8-17)14-20(21)16-24(15-19)12-18-9-5-2-6-10-18/h1-10,19-20H,11-16H2. The lowest BCUT2D eigenvalue weighted by Crippen LogP contribution is -2.41. The van der Waals surface area contributed by atoms with E-state index >= 15 is 0 Å². The molecule has 2 saturated heterocycles. The minimum atomic E-state index is 0.00334. The number of benzene rings is 2. The molecule has 2 bridgehead atoms. The van der Waals surface area contributed by atoms with Crippen molar-refractivity contribution in [3.63, 3.8) is 0 Å². The topological polar surface area (TPSA) is 17.1 Å². The predicted molar refractivity (Wildman–Crippen MR) is 106 cm³/mol. The van der Waals surface area contributed by atoms with E-state index in [1.54, 1.807) is 0 Å². The molecule has 0 radical (unpaired) electrons. The highest BCUT2D eigenvalue weighted by Crippen LogP contribution is 2.57. The fourth-order valence-corrected chi connectivity index (χ4v) is 10.6. The summed E-state index contributed by atoms with van der Waals surface area (Å²) < 4.78 is 0. The quantitative estimate of drug-likeness (QED) is 0.692. The van der Waals surface area contributed by atoms with Crippen LogP contribution < -0.4 is 0 Å². The second-order valence-electron chi connectivity index (χ2n) is 7.16. The highest BCUT2D eigenvalue weighted by Gasteiger charge is 2.41. The van der Waals surface area contributed by atoms with Gasteiger partial charge in [-0.05, 0) is 48.1 Å². The molecule has 2 aromatic carbocycles. The summed E-state index contributed by atoms with van der Waals surface area (Å²) in [5.41, 5.74) is 2.92. The van der Waals surface area contributed by atoms with Crippen LogP contribution in [0.25, 0.3) is 0 Å². The van der Waals surface area contributed by atoms with Gasteiger partial charge in [0.2, 0.25) is 0 Å². The highest BCUT2D eigenvalue weighted by atomic mass is 31.1. The van der Waals surface area contributed by atoms with Crippen LogP contribution in [0, 0.1) is 11.8 Å². The van der Waals surface area contributed by atoms with E-state index in [2.05, 4.69) is 60.7 Å². The first-order valence-electron chi connectivity index (χ1n) is 8.84. The van der Waals surface area contributed by atoms with Crippen LogP contribution in [-0.2, 0) is 17.1 Å². The molecule has 24 heavy (non-hydrogen) atoms. The van der Waals surface area contributed by atoms with E-state index in [-0.39, 0.29) is 15.8 Å². The second kappa shape index (κ2) is 7.47. The number of rotatable bonds is 4. The lowest BCUT2D eigenvalue weighted by atomic mass is 9.97. The number of fused-ring (bicyclic) bond motifs is 2. The first-order chi connectivity index (χ1) is 11.8. The summed E-state index contributed by atoms with van der Waals surface area (Å²) in [5, 5.41) is 0. The molecule has 0 spiro atoms. The molecule has 3 heteroatoms. The molecule has 0 saturated carbocycles. The van der Waals surface area contributed by atoms with Gasteiger partial charge in [0, 0.05) is 11.8 Å². The lowest BCUT2D eigenvalue weighted by molar-refractivity contribution is -0.125. The Labute approximate surface area is 147 Å². The number of hydrogen-bond donors (Lipinski definition) is 0. The number of ketones is 1. The van der Waals surface area contributed by atoms with Crippen molar-refractivity contribution in [2.45, 2.75) is 12.3 Å². The fraction of sp³-hybridized carbons (Fsp3) is 0.381. The Hall–Kier alpha value is -1.03.